The van der Waals surface area contributed by atoms with E-state index < -0.39 is 0 Å². The summed E-state index contributed by atoms with van der Waals surface area (Å²) in [6.45, 7) is 8.87. The lowest BCUT2D eigenvalue weighted by atomic mass is 10.1. The van der Waals surface area contributed by atoms with Crippen LogP contribution >= 0.6 is 11.3 Å². The maximum Gasteiger partial charge on any atom is 0.223 e. The molecule has 1 saturated heterocycles. The van der Waals surface area contributed by atoms with E-state index >= 15 is 0 Å². The van der Waals surface area contributed by atoms with Gasteiger partial charge in [0, 0.05) is 30.1 Å². The number of hydrogen-bond acceptors (Lipinski definition) is 6. The second kappa shape index (κ2) is 7.47. The molecule has 0 aromatic carbocycles. The van der Waals surface area contributed by atoms with E-state index in [1.807, 2.05) is 30.2 Å². The highest BCUT2D eigenvalue weighted by molar-refractivity contribution is 7.13. The first-order chi connectivity index (χ1) is 11.9. The van der Waals surface area contributed by atoms with Gasteiger partial charge in [0.05, 0.1) is 11.7 Å². The number of amides is 1. The van der Waals surface area contributed by atoms with Gasteiger partial charge in [0.1, 0.15) is 5.82 Å². The molecule has 1 fully saturated rings. The smallest absolute Gasteiger partial charge is 0.223 e. The third-order valence-electron chi connectivity index (χ3n) is 4.18. The van der Waals surface area contributed by atoms with Crippen LogP contribution in [0.5, 0.6) is 0 Å². The van der Waals surface area contributed by atoms with Gasteiger partial charge in [-0.3, -0.25) is 4.79 Å². The predicted molar refractivity (Wildman–Crippen MR) is 100 cm³/mol. The Labute approximate surface area is 152 Å². The van der Waals surface area contributed by atoms with E-state index in [4.69, 9.17) is 0 Å². The van der Waals surface area contributed by atoms with E-state index in [0.29, 0.717) is 12.3 Å². The van der Waals surface area contributed by atoms with Crippen molar-refractivity contribution in [3.05, 3.63) is 28.7 Å². The van der Waals surface area contributed by atoms with Crippen molar-refractivity contribution in [2.75, 3.05) is 11.9 Å². The van der Waals surface area contributed by atoms with Crippen molar-refractivity contribution in [1.29, 1.82) is 0 Å². The van der Waals surface area contributed by atoms with E-state index in [0.717, 1.165) is 47.5 Å². The summed E-state index contributed by atoms with van der Waals surface area (Å²) in [7, 11) is 0. The van der Waals surface area contributed by atoms with Crippen molar-refractivity contribution in [2.24, 2.45) is 5.92 Å². The van der Waals surface area contributed by atoms with E-state index in [2.05, 4.69) is 34.1 Å². The second-order valence-corrected chi connectivity index (χ2v) is 7.87. The van der Waals surface area contributed by atoms with Crippen LogP contribution < -0.4 is 5.32 Å². The zero-order chi connectivity index (χ0) is 18.0. The first-order valence-electron chi connectivity index (χ1n) is 8.76. The van der Waals surface area contributed by atoms with Crippen LogP contribution in [-0.2, 0) is 4.79 Å². The third-order valence-corrected chi connectivity index (χ3v) is 5.06. The number of aryl methyl sites for hydroxylation is 2. The fraction of sp³-hybridized carbons (Fsp3) is 0.556. The van der Waals surface area contributed by atoms with Crippen molar-refractivity contribution in [3.63, 3.8) is 0 Å². The van der Waals surface area contributed by atoms with Gasteiger partial charge in [-0.15, -0.1) is 11.3 Å². The Morgan fingerprint density at radius 2 is 2.12 bits per heavy atom. The fourth-order valence-corrected chi connectivity index (χ4v) is 3.82. The summed E-state index contributed by atoms with van der Waals surface area (Å²) in [6, 6.07) is 1.89. The number of hydrogen-bond donors (Lipinski definition) is 1. The Balaban J connectivity index is 1.82. The lowest BCUT2D eigenvalue weighted by Crippen LogP contribution is -2.32. The van der Waals surface area contributed by atoms with Gasteiger partial charge in [-0.1, -0.05) is 13.8 Å². The normalized spacial score (nSPS) is 17.3. The van der Waals surface area contributed by atoms with E-state index in [1.165, 1.54) is 0 Å². The molecule has 1 atom stereocenters. The molecular weight excluding hydrogens is 334 g/mol. The van der Waals surface area contributed by atoms with E-state index in [9.17, 15) is 4.79 Å². The zero-order valence-corrected chi connectivity index (χ0v) is 16.1. The van der Waals surface area contributed by atoms with Gasteiger partial charge in [-0.25, -0.2) is 15.0 Å². The topological polar surface area (TPSA) is 71.0 Å². The molecule has 1 amide bonds. The first kappa shape index (κ1) is 17.8. The maximum absolute atomic E-state index is 12.5. The number of thiazole rings is 1. The third kappa shape index (κ3) is 4.34. The van der Waals surface area contributed by atoms with Gasteiger partial charge >= 0.3 is 0 Å². The van der Waals surface area contributed by atoms with Crippen molar-refractivity contribution < 1.29 is 4.79 Å². The van der Waals surface area contributed by atoms with Crippen molar-refractivity contribution in [3.8, 4) is 0 Å². The molecule has 0 aliphatic carbocycles. The Morgan fingerprint density at radius 3 is 2.80 bits per heavy atom. The van der Waals surface area contributed by atoms with Crippen molar-refractivity contribution in [2.45, 2.75) is 53.0 Å². The summed E-state index contributed by atoms with van der Waals surface area (Å²) in [5.74, 6) is 2.02. The van der Waals surface area contributed by atoms with Crippen LogP contribution in [0, 0.1) is 19.8 Å². The highest BCUT2D eigenvalue weighted by Gasteiger charge is 2.32. The number of nitrogens with zero attached hydrogens (tertiary/aromatic N) is 4. The van der Waals surface area contributed by atoms with Gasteiger partial charge < -0.3 is 10.2 Å². The van der Waals surface area contributed by atoms with Crippen LogP contribution in [0.15, 0.2) is 11.4 Å². The molecule has 1 aliphatic heterocycles. The highest BCUT2D eigenvalue weighted by atomic mass is 32.1. The molecule has 2 aromatic rings. The molecule has 1 aliphatic rings. The SMILES string of the molecule is Cc1cc(Nc2nc(C)cs2)nc([C@H]2CCCN2C(=O)CC(C)C)n1. The molecule has 134 valence electrons. The molecule has 3 heterocycles. The molecule has 0 unspecified atom stereocenters. The summed E-state index contributed by atoms with van der Waals surface area (Å²) in [4.78, 5) is 28.2. The van der Waals surface area contributed by atoms with Gasteiger partial charge in [-0.2, -0.15) is 0 Å². The summed E-state index contributed by atoms with van der Waals surface area (Å²) in [5, 5.41) is 6.08. The van der Waals surface area contributed by atoms with Crippen LogP contribution in [0.25, 0.3) is 0 Å². The Morgan fingerprint density at radius 1 is 1.32 bits per heavy atom. The van der Waals surface area contributed by atoms with Gasteiger partial charge in [0.15, 0.2) is 11.0 Å². The number of nitrogens with one attached hydrogen (secondary N) is 1. The molecule has 0 spiro atoms. The molecular formula is C18H25N5OS. The first-order valence-corrected chi connectivity index (χ1v) is 9.64. The van der Waals surface area contributed by atoms with E-state index in [1.54, 1.807) is 11.3 Å². The number of aromatic nitrogens is 3. The molecule has 0 bridgehead atoms. The molecule has 25 heavy (non-hydrogen) atoms. The summed E-state index contributed by atoms with van der Waals surface area (Å²) >= 11 is 1.55. The minimum atomic E-state index is -0.0234. The molecule has 7 heteroatoms. The molecule has 3 rings (SSSR count). The number of likely N-dealkylation sites (tertiary alicyclic amines) is 1. The lowest BCUT2D eigenvalue weighted by molar-refractivity contribution is -0.133. The van der Waals surface area contributed by atoms with E-state index in [-0.39, 0.29) is 11.9 Å². The Hall–Kier alpha value is -2.02. The van der Waals surface area contributed by atoms with Crippen LogP contribution in [0.3, 0.4) is 0 Å². The van der Waals surface area contributed by atoms with Crippen LogP contribution in [0.2, 0.25) is 0 Å². The summed E-state index contributed by atoms with van der Waals surface area (Å²) < 4.78 is 0. The number of rotatable bonds is 5. The fourth-order valence-electron chi connectivity index (χ4n) is 3.13. The summed E-state index contributed by atoms with van der Waals surface area (Å²) in [6.07, 6.45) is 2.50. The van der Waals surface area contributed by atoms with Crippen LogP contribution in [-0.4, -0.2) is 32.3 Å². The predicted octanol–water partition coefficient (Wildman–Crippen LogP) is 4.00. The quantitative estimate of drug-likeness (QED) is 0.873. The van der Waals surface area contributed by atoms with Crippen molar-refractivity contribution >= 4 is 28.2 Å². The highest BCUT2D eigenvalue weighted by Crippen LogP contribution is 2.32. The zero-order valence-electron chi connectivity index (χ0n) is 15.2. The monoisotopic (exact) mass is 359 g/mol. The molecule has 1 N–H and O–H groups in total. The standard InChI is InChI=1S/C18H25N5OS/c1-11(2)8-16(24)23-7-5-6-14(23)17-19-12(3)9-15(21-17)22-18-20-13(4)10-25-18/h9-11,14H,5-8H2,1-4H3,(H,19,20,21,22)/t14-/m1/s1. The maximum atomic E-state index is 12.5. The molecule has 0 saturated carbocycles. The number of anilines is 2. The van der Waals surface area contributed by atoms with Crippen LogP contribution in [0.4, 0.5) is 10.9 Å². The Kier molecular flexibility index (Phi) is 5.32. The molecule has 6 nitrogen and oxygen atoms in total. The largest absolute Gasteiger partial charge is 0.332 e. The summed E-state index contributed by atoms with van der Waals surface area (Å²) in [5.41, 5.74) is 1.88. The average Bonchev–Trinajstić information content (AvgIpc) is 3.15. The minimum Gasteiger partial charge on any atom is -0.332 e. The van der Waals surface area contributed by atoms with Gasteiger partial charge in [0.25, 0.3) is 0 Å². The Bertz CT molecular complexity index is 758. The van der Waals surface area contributed by atoms with Gasteiger partial charge in [-0.05, 0) is 32.6 Å². The number of carbonyl (C=O) groups is 1. The van der Waals surface area contributed by atoms with Crippen molar-refractivity contribution in [1.82, 2.24) is 19.9 Å². The molecule has 2 aromatic heterocycles. The van der Waals surface area contributed by atoms with Gasteiger partial charge in [0.2, 0.25) is 5.91 Å². The lowest BCUT2D eigenvalue weighted by Gasteiger charge is -2.25. The molecule has 0 radical (unpaired) electrons. The number of carbonyl (C=O) groups excluding carboxylic acids is 1. The minimum absolute atomic E-state index is 0.0234. The second-order valence-electron chi connectivity index (χ2n) is 7.01. The average molecular weight is 359 g/mol. The van der Waals surface area contributed by atoms with Crippen LogP contribution in [0.1, 0.15) is 56.4 Å².